The van der Waals surface area contributed by atoms with Crippen molar-refractivity contribution in [2.75, 3.05) is 32.7 Å². The van der Waals surface area contributed by atoms with Crippen LogP contribution in [-0.4, -0.2) is 61.4 Å². The molecule has 1 heterocycles. The third kappa shape index (κ3) is 8.11. The number of nitrogens with one attached hydrogen (secondary N) is 3. The first kappa shape index (κ1) is 26.8. The second kappa shape index (κ2) is 13.2. The first-order chi connectivity index (χ1) is 13.8. The second-order valence-corrected chi connectivity index (χ2v) is 8.03. The van der Waals surface area contributed by atoms with E-state index < -0.39 is 0 Å². The molecule has 1 aromatic rings. The van der Waals surface area contributed by atoms with Crippen molar-refractivity contribution in [3.63, 3.8) is 0 Å². The summed E-state index contributed by atoms with van der Waals surface area (Å²) in [4.78, 5) is 30.7. The van der Waals surface area contributed by atoms with Crippen molar-refractivity contribution < 1.29 is 9.59 Å². The standard InChI is InChI=1S/C20H29Cl2N5O2.HI/c1-4-23-20(26-15-7-10-27(12-15)19(29)13(2)3)25-9-8-24-18(28)14-5-6-16(21)17(22)11-14;/h5-6,11,13,15H,4,7-10,12H2,1-3H3,(H,24,28)(H2,23,25,26);1H. The summed E-state index contributed by atoms with van der Waals surface area (Å²) in [6.07, 6.45) is 0.886. The molecule has 10 heteroatoms. The number of nitrogens with zero attached hydrogens (tertiary/aromatic N) is 2. The molecule has 3 N–H and O–H groups in total. The average Bonchev–Trinajstić information content (AvgIpc) is 3.14. The van der Waals surface area contributed by atoms with Gasteiger partial charge in [-0.1, -0.05) is 37.0 Å². The molecule has 2 rings (SSSR count). The minimum atomic E-state index is -0.227. The Kier molecular flexibility index (Phi) is 11.8. The predicted octanol–water partition coefficient (Wildman–Crippen LogP) is 3.15. The van der Waals surface area contributed by atoms with Crippen molar-refractivity contribution in [3.05, 3.63) is 33.8 Å². The fraction of sp³-hybridized carbons (Fsp3) is 0.550. The molecular formula is C20H30Cl2IN5O2. The van der Waals surface area contributed by atoms with Gasteiger partial charge in [0.25, 0.3) is 5.91 Å². The molecule has 1 saturated heterocycles. The monoisotopic (exact) mass is 569 g/mol. The van der Waals surface area contributed by atoms with Gasteiger partial charge in [-0.15, -0.1) is 24.0 Å². The Bertz CT molecular complexity index is 761. The summed E-state index contributed by atoms with van der Waals surface area (Å²) < 4.78 is 0. The molecule has 1 atom stereocenters. The van der Waals surface area contributed by atoms with Crippen LogP contribution in [0.4, 0.5) is 0 Å². The van der Waals surface area contributed by atoms with E-state index >= 15 is 0 Å². The summed E-state index contributed by atoms with van der Waals surface area (Å²) in [5, 5.41) is 10.1. The molecule has 0 aromatic heterocycles. The van der Waals surface area contributed by atoms with E-state index in [1.54, 1.807) is 18.2 Å². The van der Waals surface area contributed by atoms with E-state index in [9.17, 15) is 9.59 Å². The smallest absolute Gasteiger partial charge is 0.251 e. The molecule has 1 aliphatic heterocycles. The van der Waals surface area contributed by atoms with E-state index in [2.05, 4.69) is 20.9 Å². The van der Waals surface area contributed by atoms with E-state index in [1.807, 2.05) is 25.7 Å². The minimum Gasteiger partial charge on any atom is -0.357 e. The molecule has 168 valence electrons. The number of hydrogen-bond acceptors (Lipinski definition) is 3. The molecule has 30 heavy (non-hydrogen) atoms. The Hall–Kier alpha value is -1.26. The lowest BCUT2D eigenvalue weighted by molar-refractivity contribution is -0.133. The van der Waals surface area contributed by atoms with Crippen LogP contribution in [0.3, 0.4) is 0 Å². The molecule has 1 fully saturated rings. The molecule has 1 unspecified atom stereocenters. The number of carbonyl (C=O) groups excluding carboxylic acids is 2. The number of carbonyl (C=O) groups is 2. The lowest BCUT2D eigenvalue weighted by Gasteiger charge is -2.20. The summed E-state index contributed by atoms with van der Waals surface area (Å²) in [6.45, 7) is 8.79. The van der Waals surface area contributed by atoms with Gasteiger partial charge in [-0.05, 0) is 31.5 Å². The summed E-state index contributed by atoms with van der Waals surface area (Å²) in [5.41, 5.74) is 0.453. The first-order valence-electron chi connectivity index (χ1n) is 9.88. The highest BCUT2D eigenvalue weighted by atomic mass is 127. The summed E-state index contributed by atoms with van der Waals surface area (Å²) in [5.74, 6) is 0.645. The van der Waals surface area contributed by atoms with Crippen LogP contribution in [0.15, 0.2) is 23.2 Å². The summed E-state index contributed by atoms with van der Waals surface area (Å²) >= 11 is 11.8. The fourth-order valence-electron chi connectivity index (χ4n) is 3.03. The molecule has 0 saturated carbocycles. The Morgan fingerprint density at radius 2 is 1.97 bits per heavy atom. The Balaban J connectivity index is 0.00000450. The maximum Gasteiger partial charge on any atom is 0.251 e. The van der Waals surface area contributed by atoms with Crippen LogP contribution in [0.2, 0.25) is 10.0 Å². The Morgan fingerprint density at radius 1 is 1.23 bits per heavy atom. The number of likely N-dealkylation sites (tertiary alicyclic amines) is 1. The van der Waals surface area contributed by atoms with Crippen molar-refractivity contribution in [1.29, 1.82) is 0 Å². The number of aliphatic imine (C=N–C) groups is 1. The van der Waals surface area contributed by atoms with Gasteiger partial charge in [-0.3, -0.25) is 14.6 Å². The van der Waals surface area contributed by atoms with Crippen molar-refractivity contribution >= 4 is 65.0 Å². The van der Waals surface area contributed by atoms with Crippen LogP contribution >= 0.6 is 47.2 Å². The lowest BCUT2D eigenvalue weighted by Crippen LogP contribution is -2.45. The number of halogens is 3. The van der Waals surface area contributed by atoms with Crippen molar-refractivity contribution in [2.24, 2.45) is 10.9 Å². The van der Waals surface area contributed by atoms with E-state index in [1.165, 1.54) is 0 Å². The van der Waals surface area contributed by atoms with Gasteiger partial charge in [0, 0.05) is 43.7 Å². The molecule has 0 aliphatic carbocycles. The highest BCUT2D eigenvalue weighted by Gasteiger charge is 2.27. The van der Waals surface area contributed by atoms with Crippen molar-refractivity contribution in [3.8, 4) is 0 Å². The number of benzene rings is 1. The van der Waals surface area contributed by atoms with Gasteiger partial charge in [0.1, 0.15) is 0 Å². The first-order valence-corrected chi connectivity index (χ1v) is 10.6. The third-order valence-electron chi connectivity index (χ3n) is 4.53. The molecular weight excluding hydrogens is 540 g/mol. The number of rotatable bonds is 7. The predicted molar refractivity (Wildman–Crippen MR) is 133 cm³/mol. The molecule has 0 bridgehead atoms. The van der Waals surface area contributed by atoms with E-state index in [0.29, 0.717) is 41.2 Å². The van der Waals surface area contributed by atoms with Crippen LogP contribution in [0.5, 0.6) is 0 Å². The van der Waals surface area contributed by atoms with Gasteiger partial charge in [-0.25, -0.2) is 0 Å². The summed E-state index contributed by atoms with van der Waals surface area (Å²) in [6, 6.07) is 4.93. The average molecular weight is 570 g/mol. The van der Waals surface area contributed by atoms with Gasteiger partial charge in [0.05, 0.1) is 16.6 Å². The Morgan fingerprint density at radius 3 is 2.60 bits per heavy atom. The molecule has 0 spiro atoms. The van der Waals surface area contributed by atoms with Crippen LogP contribution in [0, 0.1) is 5.92 Å². The molecule has 7 nitrogen and oxygen atoms in total. The van der Waals surface area contributed by atoms with Gasteiger partial charge in [-0.2, -0.15) is 0 Å². The van der Waals surface area contributed by atoms with Gasteiger partial charge in [0.15, 0.2) is 5.96 Å². The fourth-order valence-corrected chi connectivity index (χ4v) is 3.33. The number of guanidine groups is 1. The van der Waals surface area contributed by atoms with Crippen LogP contribution < -0.4 is 16.0 Å². The third-order valence-corrected chi connectivity index (χ3v) is 5.27. The zero-order valence-electron chi connectivity index (χ0n) is 17.5. The second-order valence-electron chi connectivity index (χ2n) is 7.21. The van der Waals surface area contributed by atoms with Crippen molar-refractivity contribution in [1.82, 2.24) is 20.9 Å². The summed E-state index contributed by atoms with van der Waals surface area (Å²) in [7, 11) is 0. The van der Waals surface area contributed by atoms with Gasteiger partial charge < -0.3 is 20.9 Å². The highest BCUT2D eigenvalue weighted by molar-refractivity contribution is 14.0. The maximum absolute atomic E-state index is 12.2. The quantitative estimate of drug-likeness (QED) is 0.204. The van der Waals surface area contributed by atoms with E-state index in [-0.39, 0.29) is 47.8 Å². The van der Waals surface area contributed by atoms with Crippen molar-refractivity contribution in [2.45, 2.75) is 33.2 Å². The number of hydrogen-bond donors (Lipinski definition) is 3. The molecule has 2 amide bonds. The zero-order valence-corrected chi connectivity index (χ0v) is 21.3. The van der Waals surface area contributed by atoms with Crippen LogP contribution in [0.1, 0.15) is 37.6 Å². The highest BCUT2D eigenvalue weighted by Crippen LogP contribution is 2.22. The maximum atomic E-state index is 12.2. The molecule has 1 aliphatic rings. The number of amides is 2. The Labute approximate surface area is 205 Å². The van der Waals surface area contributed by atoms with E-state index in [4.69, 9.17) is 23.2 Å². The lowest BCUT2D eigenvalue weighted by atomic mass is 10.2. The van der Waals surface area contributed by atoms with Gasteiger partial charge >= 0.3 is 0 Å². The zero-order chi connectivity index (χ0) is 21.4. The van der Waals surface area contributed by atoms with Gasteiger partial charge in [0.2, 0.25) is 5.91 Å². The SMILES string of the molecule is CCNC(=NCCNC(=O)c1ccc(Cl)c(Cl)c1)NC1CCN(C(=O)C(C)C)C1.I. The normalized spacial score (nSPS) is 16.3. The van der Waals surface area contributed by atoms with E-state index in [0.717, 1.165) is 19.5 Å². The van der Waals surface area contributed by atoms with Crippen LogP contribution in [-0.2, 0) is 4.79 Å². The largest absolute Gasteiger partial charge is 0.357 e. The van der Waals surface area contributed by atoms with Crippen LogP contribution in [0.25, 0.3) is 0 Å². The minimum absolute atomic E-state index is 0. The topological polar surface area (TPSA) is 85.8 Å². The molecule has 1 aromatic carbocycles. The molecule has 0 radical (unpaired) electrons.